The first kappa shape index (κ1) is 15.1. The highest BCUT2D eigenvalue weighted by Gasteiger charge is 2.44. The van der Waals surface area contributed by atoms with Crippen molar-refractivity contribution in [2.75, 3.05) is 19.5 Å². The smallest absolute Gasteiger partial charge is 0.237 e. The van der Waals surface area contributed by atoms with Crippen molar-refractivity contribution < 1.29 is 9.53 Å². The topological polar surface area (TPSA) is 64.3 Å². The maximum absolute atomic E-state index is 11.9. The number of thioether (sulfide) groups is 1. The van der Waals surface area contributed by atoms with Crippen LogP contribution in [0, 0.1) is 0 Å². The number of primary amides is 1. The van der Waals surface area contributed by atoms with Crippen LogP contribution < -0.4 is 11.1 Å². The second-order valence-electron chi connectivity index (χ2n) is 5.80. The molecule has 0 bridgehead atoms. The number of rotatable bonds is 8. The van der Waals surface area contributed by atoms with Crippen molar-refractivity contribution in [1.82, 2.24) is 5.32 Å². The van der Waals surface area contributed by atoms with Crippen molar-refractivity contribution in [3.8, 4) is 0 Å². The molecule has 0 aromatic carbocycles. The molecule has 2 atom stereocenters. The van der Waals surface area contributed by atoms with E-state index in [0.29, 0.717) is 11.3 Å². The van der Waals surface area contributed by atoms with Gasteiger partial charge >= 0.3 is 0 Å². The Morgan fingerprint density at radius 3 is 2.89 bits per heavy atom. The minimum atomic E-state index is -0.432. The molecule has 110 valence electrons. The van der Waals surface area contributed by atoms with Crippen molar-refractivity contribution >= 4 is 17.7 Å². The molecule has 0 saturated heterocycles. The van der Waals surface area contributed by atoms with Gasteiger partial charge in [-0.05, 0) is 50.7 Å². The van der Waals surface area contributed by atoms with Crippen molar-refractivity contribution in [3.05, 3.63) is 0 Å². The number of methoxy groups -OCH3 is 1. The summed E-state index contributed by atoms with van der Waals surface area (Å²) in [6, 6.07) is 0.532. The third kappa shape index (κ3) is 4.36. The molecule has 0 radical (unpaired) electrons. The highest BCUT2D eigenvalue weighted by molar-refractivity contribution is 7.99. The van der Waals surface area contributed by atoms with E-state index in [9.17, 15) is 4.79 Å². The third-order valence-corrected chi connectivity index (χ3v) is 5.48. The number of nitrogens with two attached hydrogens (primary N) is 1. The number of carbonyl (C=O) groups excluding carboxylic acids is 1. The summed E-state index contributed by atoms with van der Waals surface area (Å²) in [5.74, 6) is 0.957. The number of carbonyl (C=O) groups is 1. The standard InChI is InChI=1S/C14H26N2O2S/c1-18-8-3-9-19-12-4-2-7-14(10-12,13(15)17)16-11-5-6-11/h11-12,16H,2-10H2,1H3,(H2,15,17). The molecule has 0 spiro atoms. The number of hydrogen-bond acceptors (Lipinski definition) is 4. The Labute approximate surface area is 120 Å². The van der Waals surface area contributed by atoms with Gasteiger partial charge in [0.25, 0.3) is 0 Å². The van der Waals surface area contributed by atoms with Crippen molar-refractivity contribution in [3.63, 3.8) is 0 Å². The summed E-state index contributed by atoms with van der Waals surface area (Å²) in [6.07, 6.45) is 7.59. The minimum Gasteiger partial charge on any atom is -0.385 e. The molecule has 19 heavy (non-hydrogen) atoms. The number of hydrogen-bond donors (Lipinski definition) is 2. The van der Waals surface area contributed by atoms with Crippen molar-refractivity contribution in [2.45, 2.75) is 61.8 Å². The van der Waals surface area contributed by atoms with Crippen LogP contribution in [0.3, 0.4) is 0 Å². The second kappa shape index (κ2) is 6.95. The van der Waals surface area contributed by atoms with Crippen LogP contribution >= 0.6 is 11.8 Å². The molecule has 0 aromatic heterocycles. The fourth-order valence-corrected chi connectivity index (χ4v) is 4.22. The molecule has 2 aliphatic carbocycles. The first-order chi connectivity index (χ1) is 9.16. The fraction of sp³-hybridized carbons (Fsp3) is 0.929. The Morgan fingerprint density at radius 2 is 2.26 bits per heavy atom. The van der Waals surface area contributed by atoms with Crippen molar-refractivity contribution in [1.29, 1.82) is 0 Å². The van der Waals surface area contributed by atoms with Crippen LogP contribution in [0.2, 0.25) is 0 Å². The van der Waals surface area contributed by atoms with Gasteiger partial charge < -0.3 is 15.8 Å². The molecular weight excluding hydrogens is 260 g/mol. The molecule has 2 fully saturated rings. The monoisotopic (exact) mass is 286 g/mol. The Hall–Kier alpha value is -0.260. The second-order valence-corrected chi connectivity index (χ2v) is 7.21. The van der Waals surface area contributed by atoms with Gasteiger partial charge in [-0.15, -0.1) is 0 Å². The largest absolute Gasteiger partial charge is 0.385 e. The summed E-state index contributed by atoms with van der Waals surface area (Å²) in [6.45, 7) is 0.820. The summed E-state index contributed by atoms with van der Waals surface area (Å²) in [4.78, 5) is 11.9. The lowest BCUT2D eigenvalue weighted by Crippen LogP contribution is -2.59. The van der Waals surface area contributed by atoms with Crippen LogP contribution in [0.1, 0.15) is 44.9 Å². The predicted octanol–water partition coefficient (Wildman–Crippen LogP) is 1.67. The van der Waals surface area contributed by atoms with Gasteiger partial charge in [-0.2, -0.15) is 11.8 Å². The van der Waals surface area contributed by atoms with Gasteiger partial charge in [-0.3, -0.25) is 4.79 Å². The fourth-order valence-electron chi connectivity index (χ4n) is 2.86. The first-order valence-corrected chi connectivity index (χ1v) is 8.39. The van der Waals surface area contributed by atoms with E-state index >= 15 is 0 Å². The Bertz CT molecular complexity index is 310. The Balaban J connectivity index is 1.84. The lowest BCUT2D eigenvalue weighted by molar-refractivity contribution is -0.125. The first-order valence-electron chi connectivity index (χ1n) is 7.34. The number of nitrogens with one attached hydrogen (secondary N) is 1. The van der Waals surface area contributed by atoms with Crippen LogP contribution in [0.5, 0.6) is 0 Å². The summed E-state index contributed by atoms with van der Waals surface area (Å²) < 4.78 is 5.07. The average Bonchev–Trinajstić information content (AvgIpc) is 3.19. The van der Waals surface area contributed by atoms with Gasteiger partial charge in [0.2, 0.25) is 5.91 Å². The maximum atomic E-state index is 11.9. The molecule has 3 N–H and O–H groups in total. The van der Waals surface area contributed by atoms with Gasteiger partial charge in [-0.1, -0.05) is 0 Å². The highest BCUT2D eigenvalue weighted by atomic mass is 32.2. The zero-order chi connectivity index (χ0) is 13.7. The molecule has 2 saturated carbocycles. The molecule has 4 nitrogen and oxygen atoms in total. The summed E-state index contributed by atoms with van der Waals surface area (Å²) in [5, 5.41) is 4.08. The summed E-state index contributed by atoms with van der Waals surface area (Å²) >= 11 is 1.98. The molecule has 2 aliphatic rings. The summed E-state index contributed by atoms with van der Waals surface area (Å²) in [5.41, 5.74) is 5.25. The predicted molar refractivity (Wildman–Crippen MR) is 79.3 cm³/mol. The highest BCUT2D eigenvalue weighted by Crippen LogP contribution is 2.37. The van der Waals surface area contributed by atoms with E-state index in [4.69, 9.17) is 10.5 Å². The van der Waals surface area contributed by atoms with Gasteiger partial charge in [0.1, 0.15) is 0 Å². The molecule has 2 rings (SSSR count). The Kier molecular flexibility index (Phi) is 5.54. The molecular formula is C14H26N2O2S. The average molecular weight is 286 g/mol. The van der Waals surface area contributed by atoms with E-state index in [1.807, 2.05) is 11.8 Å². The zero-order valence-electron chi connectivity index (χ0n) is 11.8. The summed E-state index contributed by atoms with van der Waals surface area (Å²) in [7, 11) is 1.74. The normalized spacial score (nSPS) is 31.3. The third-order valence-electron chi connectivity index (χ3n) is 4.08. The zero-order valence-corrected chi connectivity index (χ0v) is 12.6. The molecule has 0 aromatic rings. The lowest BCUT2D eigenvalue weighted by atomic mass is 9.80. The van der Waals surface area contributed by atoms with E-state index in [2.05, 4.69) is 5.32 Å². The van der Waals surface area contributed by atoms with Crippen LogP contribution in [-0.2, 0) is 9.53 Å². The van der Waals surface area contributed by atoms with Gasteiger partial charge in [0, 0.05) is 25.0 Å². The van der Waals surface area contributed by atoms with Gasteiger partial charge in [-0.25, -0.2) is 0 Å². The van der Waals surface area contributed by atoms with Gasteiger partial charge in [0.15, 0.2) is 0 Å². The molecule has 5 heteroatoms. The minimum absolute atomic E-state index is 0.151. The quantitative estimate of drug-likeness (QED) is 0.666. The van der Waals surface area contributed by atoms with Crippen LogP contribution in [-0.4, -0.2) is 42.2 Å². The van der Waals surface area contributed by atoms with E-state index in [-0.39, 0.29) is 5.91 Å². The SMILES string of the molecule is COCCCSC1CCCC(NC2CC2)(C(N)=O)C1. The van der Waals surface area contributed by atoms with Crippen molar-refractivity contribution in [2.24, 2.45) is 5.73 Å². The van der Waals surface area contributed by atoms with E-state index in [1.165, 1.54) is 19.3 Å². The maximum Gasteiger partial charge on any atom is 0.237 e. The van der Waals surface area contributed by atoms with Crippen LogP contribution in [0.4, 0.5) is 0 Å². The molecule has 0 aliphatic heterocycles. The van der Waals surface area contributed by atoms with E-state index in [1.54, 1.807) is 7.11 Å². The molecule has 0 heterocycles. The van der Waals surface area contributed by atoms with E-state index in [0.717, 1.165) is 38.0 Å². The Morgan fingerprint density at radius 1 is 1.47 bits per heavy atom. The van der Waals surface area contributed by atoms with Crippen LogP contribution in [0.25, 0.3) is 0 Å². The number of amides is 1. The van der Waals surface area contributed by atoms with Gasteiger partial charge in [0.05, 0.1) is 5.54 Å². The van der Waals surface area contributed by atoms with E-state index < -0.39 is 5.54 Å². The molecule has 2 unspecified atom stereocenters. The van der Waals surface area contributed by atoms with Crippen LogP contribution in [0.15, 0.2) is 0 Å². The molecule has 1 amide bonds. The lowest BCUT2D eigenvalue weighted by Gasteiger charge is -2.39. The number of ether oxygens (including phenoxy) is 1.